The Labute approximate surface area is 112 Å². The molecular formula is C15H20F2O2. The number of halogens is 2. The Balaban J connectivity index is 2.30. The molecule has 1 fully saturated rings. The fourth-order valence-electron chi connectivity index (χ4n) is 2.85. The molecular weight excluding hydrogens is 250 g/mol. The van der Waals surface area contributed by atoms with E-state index in [1.54, 1.807) is 0 Å². The van der Waals surface area contributed by atoms with Gasteiger partial charge in [0.2, 0.25) is 0 Å². The second-order valence-electron chi connectivity index (χ2n) is 5.52. The largest absolute Gasteiger partial charge is 0.385 e. The van der Waals surface area contributed by atoms with Crippen LogP contribution in [0.25, 0.3) is 0 Å². The first-order valence-corrected chi connectivity index (χ1v) is 6.66. The van der Waals surface area contributed by atoms with Crippen LogP contribution in [-0.4, -0.2) is 17.8 Å². The van der Waals surface area contributed by atoms with E-state index in [9.17, 15) is 13.9 Å². The lowest BCUT2D eigenvalue weighted by molar-refractivity contribution is -0.131. The van der Waals surface area contributed by atoms with Gasteiger partial charge in [-0.25, -0.2) is 8.78 Å². The normalized spacial score (nSPS) is 29.2. The highest BCUT2D eigenvalue weighted by Crippen LogP contribution is 2.43. The number of rotatable bonds is 3. The topological polar surface area (TPSA) is 29.5 Å². The molecule has 1 saturated carbocycles. The predicted molar refractivity (Wildman–Crippen MR) is 68.7 cm³/mol. The van der Waals surface area contributed by atoms with Gasteiger partial charge in [0.25, 0.3) is 0 Å². The Morgan fingerprint density at radius 1 is 1.32 bits per heavy atom. The number of benzene rings is 1. The van der Waals surface area contributed by atoms with Gasteiger partial charge in [0.15, 0.2) is 0 Å². The quantitative estimate of drug-likeness (QED) is 0.909. The first kappa shape index (κ1) is 14.4. The summed E-state index contributed by atoms with van der Waals surface area (Å²) in [6, 6.07) is 3.15. The minimum atomic E-state index is -1.14. The highest BCUT2D eigenvalue weighted by Gasteiger charge is 2.42. The summed E-state index contributed by atoms with van der Waals surface area (Å²) in [4.78, 5) is 0. The van der Waals surface area contributed by atoms with Crippen molar-refractivity contribution in [2.24, 2.45) is 5.92 Å². The van der Waals surface area contributed by atoms with Crippen molar-refractivity contribution in [3.8, 4) is 0 Å². The number of aliphatic hydroxyl groups is 1. The van der Waals surface area contributed by atoms with Crippen LogP contribution in [0.4, 0.5) is 8.78 Å². The average molecular weight is 270 g/mol. The molecule has 0 heterocycles. The first-order chi connectivity index (χ1) is 8.98. The average Bonchev–Trinajstić information content (AvgIpc) is 2.42. The van der Waals surface area contributed by atoms with Crippen LogP contribution >= 0.6 is 0 Å². The van der Waals surface area contributed by atoms with E-state index < -0.39 is 23.3 Å². The Morgan fingerprint density at radius 2 is 1.95 bits per heavy atom. The molecule has 1 unspecified atom stereocenters. The van der Waals surface area contributed by atoms with Crippen molar-refractivity contribution in [3.05, 3.63) is 35.4 Å². The molecule has 1 aliphatic carbocycles. The first-order valence-electron chi connectivity index (χ1n) is 6.66. The van der Waals surface area contributed by atoms with Crippen molar-refractivity contribution in [3.63, 3.8) is 0 Å². The molecule has 0 bridgehead atoms. The van der Waals surface area contributed by atoms with E-state index in [4.69, 9.17) is 4.74 Å². The smallest absolute Gasteiger partial charge is 0.129 e. The molecule has 0 radical (unpaired) electrons. The third-order valence-electron chi connectivity index (χ3n) is 4.28. The zero-order chi connectivity index (χ0) is 14.0. The molecule has 0 aliphatic heterocycles. The summed E-state index contributed by atoms with van der Waals surface area (Å²) in [5.74, 6) is -0.567. The minimum absolute atomic E-state index is 0.0172. The van der Waals surface area contributed by atoms with E-state index in [0.29, 0.717) is 18.8 Å². The molecule has 1 atom stereocenters. The Hall–Kier alpha value is -1.00. The third-order valence-corrected chi connectivity index (χ3v) is 4.28. The Bertz CT molecular complexity index is 440. The zero-order valence-corrected chi connectivity index (χ0v) is 11.3. The summed E-state index contributed by atoms with van der Waals surface area (Å²) >= 11 is 0. The molecule has 2 rings (SSSR count). The van der Waals surface area contributed by atoms with Gasteiger partial charge in [-0.3, -0.25) is 0 Å². The Morgan fingerprint density at radius 3 is 2.53 bits per heavy atom. The van der Waals surface area contributed by atoms with Crippen LogP contribution in [-0.2, 0) is 4.74 Å². The van der Waals surface area contributed by atoms with E-state index in [2.05, 4.69) is 6.92 Å². The van der Waals surface area contributed by atoms with Crippen LogP contribution in [0.15, 0.2) is 18.2 Å². The monoisotopic (exact) mass is 270 g/mol. The summed E-state index contributed by atoms with van der Waals surface area (Å²) in [7, 11) is 1.52. The molecule has 0 amide bonds. The standard InChI is InChI=1S/C15H20F2O2/c1-10-5-7-15(19-2,8-6-10)14(18)12-9-11(16)3-4-13(12)17/h3-4,9-10,14,18H,5-8H2,1-2H3. The van der Waals surface area contributed by atoms with Gasteiger partial charge in [-0.05, 0) is 49.8 Å². The van der Waals surface area contributed by atoms with E-state index in [-0.39, 0.29) is 5.56 Å². The lowest BCUT2D eigenvalue weighted by Crippen LogP contribution is -2.42. The van der Waals surface area contributed by atoms with Crippen LogP contribution in [0.3, 0.4) is 0 Å². The molecule has 2 nitrogen and oxygen atoms in total. The number of methoxy groups -OCH3 is 1. The molecule has 1 N–H and O–H groups in total. The summed E-state index contributed by atoms with van der Waals surface area (Å²) < 4.78 is 32.5. The highest BCUT2D eigenvalue weighted by molar-refractivity contribution is 5.24. The van der Waals surface area contributed by atoms with Crippen molar-refractivity contribution in [2.75, 3.05) is 7.11 Å². The van der Waals surface area contributed by atoms with Crippen LogP contribution < -0.4 is 0 Å². The summed E-state index contributed by atoms with van der Waals surface area (Å²) in [6.07, 6.45) is 2.01. The van der Waals surface area contributed by atoms with Crippen molar-refractivity contribution < 1.29 is 18.6 Å². The lowest BCUT2D eigenvalue weighted by atomic mass is 9.74. The predicted octanol–water partition coefficient (Wildman–Crippen LogP) is 3.59. The zero-order valence-electron chi connectivity index (χ0n) is 11.3. The maximum Gasteiger partial charge on any atom is 0.129 e. The van der Waals surface area contributed by atoms with Gasteiger partial charge in [-0.15, -0.1) is 0 Å². The van der Waals surface area contributed by atoms with Gasteiger partial charge in [0.1, 0.15) is 17.7 Å². The molecule has 4 heteroatoms. The number of hydrogen-bond acceptors (Lipinski definition) is 2. The number of aliphatic hydroxyl groups excluding tert-OH is 1. The van der Waals surface area contributed by atoms with E-state index >= 15 is 0 Å². The molecule has 0 aromatic heterocycles. The van der Waals surface area contributed by atoms with Gasteiger partial charge >= 0.3 is 0 Å². The van der Waals surface area contributed by atoms with Crippen LogP contribution in [0.1, 0.15) is 44.3 Å². The van der Waals surface area contributed by atoms with Crippen molar-refractivity contribution >= 4 is 0 Å². The second-order valence-corrected chi connectivity index (χ2v) is 5.52. The van der Waals surface area contributed by atoms with Gasteiger partial charge in [0, 0.05) is 12.7 Å². The third kappa shape index (κ3) is 2.79. The van der Waals surface area contributed by atoms with Gasteiger partial charge < -0.3 is 9.84 Å². The van der Waals surface area contributed by atoms with Gasteiger partial charge in [-0.1, -0.05) is 6.92 Å². The fraction of sp³-hybridized carbons (Fsp3) is 0.600. The van der Waals surface area contributed by atoms with Gasteiger partial charge in [0.05, 0.1) is 5.60 Å². The molecule has 1 aliphatic rings. The second kappa shape index (κ2) is 5.55. The Kier molecular flexibility index (Phi) is 4.21. The van der Waals surface area contributed by atoms with Gasteiger partial charge in [-0.2, -0.15) is 0 Å². The maximum atomic E-state index is 13.8. The van der Waals surface area contributed by atoms with E-state index in [0.717, 1.165) is 31.0 Å². The molecule has 19 heavy (non-hydrogen) atoms. The van der Waals surface area contributed by atoms with E-state index in [1.807, 2.05) is 0 Å². The lowest BCUT2D eigenvalue weighted by Gasteiger charge is -2.41. The van der Waals surface area contributed by atoms with Crippen LogP contribution in [0.2, 0.25) is 0 Å². The van der Waals surface area contributed by atoms with Crippen molar-refractivity contribution in [1.82, 2.24) is 0 Å². The summed E-state index contributed by atoms with van der Waals surface area (Å²) in [5, 5.41) is 10.5. The van der Waals surface area contributed by atoms with Crippen molar-refractivity contribution in [2.45, 2.75) is 44.3 Å². The molecule has 0 saturated heterocycles. The number of ether oxygens (including phenoxy) is 1. The molecule has 106 valence electrons. The molecule has 0 spiro atoms. The highest BCUT2D eigenvalue weighted by atomic mass is 19.1. The maximum absolute atomic E-state index is 13.8. The fourth-order valence-corrected chi connectivity index (χ4v) is 2.85. The van der Waals surface area contributed by atoms with Crippen LogP contribution in [0.5, 0.6) is 0 Å². The number of hydrogen-bond donors (Lipinski definition) is 1. The molecule has 1 aromatic rings. The SMILES string of the molecule is COC1(C(O)c2cc(F)ccc2F)CCC(C)CC1. The summed E-state index contributed by atoms with van der Waals surface area (Å²) in [6.45, 7) is 2.15. The minimum Gasteiger partial charge on any atom is -0.385 e. The van der Waals surface area contributed by atoms with Crippen molar-refractivity contribution in [1.29, 1.82) is 0 Å². The van der Waals surface area contributed by atoms with Crippen LogP contribution in [0, 0.1) is 17.6 Å². The van der Waals surface area contributed by atoms with E-state index in [1.165, 1.54) is 7.11 Å². The molecule has 1 aromatic carbocycles. The summed E-state index contributed by atoms with van der Waals surface area (Å²) in [5.41, 5.74) is -0.822.